The molecule has 3 nitrogen and oxygen atoms in total. The van der Waals surface area contributed by atoms with Crippen LogP contribution in [0.1, 0.15) is 0 Å². The Hall–Kier alpha value is -0.120. The van der Waals surface area contributed by atoms with Crippen molar-refractivity contribution in [2.45, 2.75) is 12.1 Å². The molecule has 0 amide bonds. The predicted molar refractivity (Wildman–Crippen MR) is 24.8 cm³/mol. The molecule has 0 saturated carbocycles. The second-order valence-electron chi connectivity index (χ2n) is 1.77. The van der Waals surface area contributed by atoms with E-state index in [1.807, 2.05) is 0 Å². The van der Waals surface area contributed by atoms with E-state index in [9.17, 15) is 0 Å². The maximum Gasteiger partial charge on any atom is 0.0946 e. The lowest BCUT2D eigenvalue weighted by molar-refractivity contribution is 0.125. The highest BCUT2D eigenvalue weighted by Gasteiger charge is 2.21. The molecule has 3 heteroatoms. The summed E-state index contributed by atoms with van der Waals surface area (Å²) in [6.07, 6.45) is -0.431. The summed E-state index contributed by atoms with van der Waals surface area (Å²) in [6, 6.07) is -0.153. The van der Waals surface area contributed by atoms with Gasteiger partial charge in [0.05, 0.1) is 25.4 Å². The van der Waals surface area contributed by atoms with Crippen molar-refractivity contribution in [3.8, 4) is 0 Å². The van der Waals surface area contributed by atoms with E-state index in [2.05, 4.69) is 0 Å². The summed E-state index contributed by atoms with van der Waals surface area (Å²) in [5.41, 5.74) is 5.30. The first kappa shape index (κ1) is 5.03. The van der Waals surface area contributed by atoms with Crippen LogP contribution in [0, 0.1) is 0 Å². The standard InChI is InChI=1S/C4H9NO2/c5-3-1-7-2-4(3)6/h3-4,6H,1-2,5H2/t3-,4?/m0/s1. The van der Waals surface area contributed by atoms with Crippen molar-refractivity contribution < 1.29 is 9.84 Å². The van der Waals surface area contributed by atoms with Gasteiger partial charge in [-0.05, 0) is 0 Å². The summed E-state index contributed by atoms with van der Waals surface area (Å²) >= 11 is 0. The molecule has 0 spiro atoms. The van der Waals surface area contributed by atoms with Crippen molar-refractivity contribution >= 4 is 0 Å². The van der Waals surface area contributed by atoms with Gasteiger partial charge in [-0.3, -0.25) is 0 Å². The fourth-order valence-corrected chi connectivity index (χ4v) is 0.560. The summed E-state index contributed by atoms with van der Waals surface area (Å²) in [5, 5.41) is 8.75. The van der Waals surface area contributed by atoms with Gasteiger partial charge in [0.1, 0.15) is 0 Å². The molecule has 1 fully saturated rings. The van der Waals surface area contributed by atoms with Crippen LogP contribution in [-0.2, 0) is 4.74 Å². The molecule has 0 aromatic carbocycles. The van der Waals surface area contributed by atoms with Crippen LogP contribution in [-0.4, -0.2) is 30.5 Å². The van der Waals surface area contributed by atoms with E-state index < -0.39 is 6.10 Å². The molecule has 0 aliphatic carbocycles. The van der Waals surface area contributed by atoms with Gasteiger partial charge in [-0.1, -0.05) is 0 Å². The minimum absolute atomic E-state index is 0.153. The van der Waals surface area contributed by atoms with Crippen molar-refractivity contribution in [3.63, 3.8) is 0 Å². The third kappa shape index (κ3) is 0.907. The molecular formula is C4H9NO2. The van der Waals surface area contributed by atoms with Gasteiger partial charge in [-0.2, -0.15) is 0 Å². The lowest BCUT2D eigenvalue weighted by Gasteiger charge is -2.01. The molecule has 1 unspecified atom stereocenters. The second-order valence-corrected chi connectivity index (χ2v) is 1.77. The maximum absolute atomic E-state index is 8.75. The predicted octanol–water partition coefficient (Wildman–Crippen LogP) is -1.30. The quantitative estimate of drug-likeness (QED) is 0.401. The first-order valence-electron chi connectivity index (χ1n) is 2.32. The third-order valence-corrected chi connectivity index (χ3v) is 1.09. The average molecular weight is 103 g/mol. The van der Waals surface area contributed by atoms with Crippen molar-refractivity contribution in [1.82, 2.24) is 0 Å². The van der Waals surface area contributed by atoms with Crippen molar-refractivity contribution in [1.29, 1.82) is 0 Å². The van der Waals surface area contributed by atoms with E-state index in [0.717, 1.165) is 0 Å². The number of hydrogen-bond acceptors (Lipinski definition) is 3. The van der Waals surface area contributed by atoms with Crippen LogP contribution in [0.4, 0.5) is 0 Å². The Kier molecular flexibility index (Phi) is 1.27. The molecule has 2 atom stereocenters. The Morgan fingerprint density at radius 2 is 2.29 bits per heavy atom. The number of aliphatic hydroxyl groups excluding tert-OH is 1. The molecule has 0 aromatic heterocycles. The molecule has 1 aliphatic heterocycles. The fourth-order valence-electron chi connectivity index (χ4n) is 0.560. The van der Waals surface area contributed by atoms with E-state index in [4.69, 9.17) is 15.6 Å². The molecule has 7 heavy (non-hydrogen) atoms. The smallest absolute Gasteiger partial charge is 0.0946 e. The average Bonchev–Trinajstić information content (AvgIpc) is 1.91. The Bertz CT molecular complexity index is 58.7. The van der Waals surface area contributed by atoms with Crippen LogP contribution < -0.4 is 5.73 Å². The van der Waals surface area contributed by atoms with Gasteiger partial charge in [0.25, 0.3) is 0 Å². The second kappa shape index (κ2) is 1.78. The fraction of sp³-hybridized carbons (Fsp3) is 1.00. The molecule has 1 saturated heterocycles. The molecule has 0 bridgehead atoms. The minimum atomic E-state index is -0.431. The largest absolute Gasteiger partial charge is 0.389 e. The number of aliphatic hydroxyl groups is 1. The number of hydrogen-bond donors (Lipinski definition) is 2. The summed E-state index contributed by atoms with van der Waals surface area (Å²) in [4.78, 5) is 0. The van der Waals surface area contributed by atoms with Crippen LogP contribution in [0.5, 0.6) is 0 Å². The number of ether oxygens (including phenoxy) is 1. The van der Waals surface area contributed by atoms with E-state index >= 15 is 0 Å². The van der Waals surface area contributed by atoms with E-state index in [1.54, 1.807) is 0 Å². The molecular weight excluding hydrogens is 94.0 g/mol. The summed E-state index contributed by atoms with van der Waals surface area (Å²) < 4.78 is 4.79. The van der Waals surface area contributed by atoms with Crippen molar-refractivity contribution in [3.05, 3.63) is 0 Å². The molecule has 42 valence electrons. The van der Waals surface area contributed by atoms with Gasteiger partial charge in [-0.15, -0.1) is 0 Å². The van der Waals surface area contributed by atoms with Gasteiger partial charge < -0.3 is 15.6 Å². The summed E-state index contributed by atoms with van der Waals surface area (Å²) in [6.45, 7) is 0.905. The topological polar surface area (TPSA) is 55.5 Å². The van der Waals surface area contributed by atoms with Gasteiger partial charge in [0, 0.05) is 0 Å². The first-order chi connectivity index (χ1) is 3.30. The maximum atomic E-state index is 8.75. The Morgan fingerprint density at radius 3 is 2.43 bits per heavy atom. The van der Waals surface area contributed by atoms with E-state index in [0.29, 0.717) is 13.2 Å². The van der Waals surface area contributed by atoms with Crippen molar-refractivity contribution in [2.75, 3.05) is 13.2 Å². The highest BCUT2D eigenvalue weighted by atomic mass is 16.5. The number of rotatable bonds is 0. The molecule has 1 aliphatic rings. The van der Waals surface area contributed by atoms with Gasteiger partial charge in [0.15, 0.2) is 0 Å². The van der Waals surface area contributed by atoms with Gasteiger partial charge in [0.2, 0.25) is 0 Å². The Morgan fingerprint density at radius 1 is 1.57 bits per heavy atom. The zero-order valence-electron chi connectivity index (χ0n) is 4.00. The summed E-state index contributed by atoms with van der Waals surface area (Å²) in [5.74, 6) is 0. The van der Waals surface area contributed by atoms with Crippen LogP contribution in [0.3, 0.4) is 0 Å². The monoisotopic (exact) mass is 103 g/mol. The Labute approximate surface area is 42.1 Å². The Balaban J connectivity index is 2.33. The third-order valence-electron chi connectivity index (χ3n) is 1.09. The zero-order valence-corrected chi connectivity index (χ0v) is 4.00. The normalized spacial score (nSPS) is 42.0. The van der Waals surface area contributed by atoms with E-state index in [1.165, 1.54) is 0 Å². The SMILES string of the molecule is N[C@H]1COCC1O. The van der Waals surface area contributed by atoms with E-state index in [-0.39, 0.29) is 6.04 Å². The van der Waals surface area contributed by atoms with Crippen LogP contribution in [0.2, 0.25) is 0 Å². The molecule has 3 N–H and O–H groups in total. The van der Waals surface area contributed by atoms with Crippen LogP contribution in [0.25, 0.3) is 0 Å². The van der Waals surface area contributed by atoms with Crippen molar-refractivity contribution in [2.24, 2.45) is 5.73 Å². The molecule has 0 radical (unpaired) electrons. The highest BCUT2D eigenvalue weighted by molar-refractivity contribution is 4.75. The number of nitrogens with two attached hydrogens (primary N) is 1. The molecule has 0 aromatic rings. The zero-order chi connectivity index (χ0) is 5.28. The first-order valence-corrected chi connectivity index (χ1v) is 2.32. The molecule has 1 rings (SSSR count). The van der Waals surface area contributed by atoms with Crippen LogP contribution >= 0.6 is 0 Å². The van der Waals surface area contributed by atoms with Gasteiger partial charge in [-0.25, -0.2) is 0 Å². The molecule has 1 heterocycles. The minimum Gasteiger partial charge on any atom is -0.389 e. The van der Waals surface area contributed by atoms with Crippen LogP contribution in [0.15, 0.2) is 0 Å². The lowest BCUT2D eigenvalue weighted by Crippen LogP contribution is -2.32. The highest BCUT2D eigenvalue weighted by Crippen LogP contribution is 2.00. The summed E-state index contributed by atoms with van der Waals surface area (Å²) in [7, 11) is 0. The lowest BCUT2D eigenvalue weighted by atomic mass is 10.2. The van der Waals surface area contributed by atoms with Gasteiger partial charge >= 0.3 is 0 Å².